The van der Waals surface area contributed by atoms with Crippen LogP contribution < -0.4 is 4.74 Å². The van der Waals surface area contributed by atoms with Gasteiger partial charge in [0.05, 0.1) is 12.7 Å². The predicted octanol–water partition coefficient (Wildman–Crippen LogP) is 4.37. The van der Waals surface area contributed by atoms with E-state index in [1.807, 2.05) is 13.8 Å². The standard InChI is InChI=1S/C14H20F2O/c1-8(2)14(15,16)12-10(4)7-9(3)11(5)13(12)17-6/h7-8H,1-6H3. The molecule has 96 valence electrons. The topological polar surface area (TPSA) is 9.23 Å². The van der Waals surface area contributed by atoms with Crippen molar-refractivity contribution in [2.24, 2.45) is 5.92 Å². The van der Waals surface area contributed by atoms with Gasteiger partial charge in [0.25, 0.3) is 5.92 Å². The van der Waals surface area contributed by atoms with Gasteiger partial charge >= 0.3 is 0 Å². The number of benzene rings is 1. The maximum absolute atomic E-state index is 14.2. The van der Waals surface area contributed by atoms with Crippen LogP contribution >= 0.6 is 0 Å². The second-order valence-corrected chi connectivity index (χ2v) is 4.82. The lowest BCUT2D eigenvalue weighted by molar-refractivity contribution is -0.0537. The minimum Gasteiger partial charge on any atom is -0.496 e. The summed E-state index contributed by atoms with van der Waals surface area (Å²) in [6.07, 6.45) is 0. The van der Waals surface area contributed by atoms with Crippen molar-refractivity contribution in [1.29, 1.82) is 0 Å². The van der Waals surface area contributed by atoms with Crippen molar-refractivity contribution in [2.45, 2.75) is 40.5 Å². The van der Waals surface area contributed by atoms with Crippen LogP contribution in [-0.4, -0.2) is 7.11 Å². The fourth-order valence-electron chi connectivity index (χ4n) is 2.01. The summed E-state index contributed by atoms with van der Waals surface area (Å²) in [6, 6.07) is 1.80. The first-order valence-corrected chi connectivity index (χ1v) is 5.76. The molecule has 1 nitrogen and oxygen atoms in total. The molecule has 0 aliphatic heterocycles. The Kier molecular flexibility index (Phi) is 3.80. The summed E-state index contributed by atoms with van der Waals surface area (Å²) in [5, 5.41) is 0. The van der Waals surface area contributed by atoms with E-state index in [9.17, 15) is 8.78 Å². The second kappa shape index (κ2) is 4.63. The largest absolute Gasteiger partial charge is 0.496 e. The molecule has 1 aromatic carbocycles. The van der Waals surface area contributed by atoms with Crippen molar-refractivity contribution in [2.75, 3.05) is 7.11 Å². The van der Waals surface area contributed by atoms with Gasteiger partial charge in [0.1, 0.15) is 5.75 Å². The minimum atomic E-state index is -2.87. The highest BCUT2D eigenvalue weighted by Crippen LogP contribution is 2.44. The SMILES string of the molecule is COc1c(C)c(C)cc(C)c1C(F)(F)C(C)C. The summed E-state index contributed by atoms with van der Waals surface area (Å²) < 4.78 is 33.6. The molecule has 0 fully saturated rings. The summed E-state index contributed by atoms with van der Waals surface area (Å²) in [7, 11) is 1.45. The monoisotopic (exact) mass is 242 g/mol. The zero-order valence-electron chi connectivity index (χ0n) is 11.3. The van der Waals surface area contributed by atoms with E-state index in [-0.39, 0.29) is 5.56 Å². The summed E-state index contributed by atoms with van der Waals surface area (Å²) in [4.78, 5) is 0. The van der Waals surface area contributed by atoms with Crippen LogP contribution in [0.5, 0.6) is 5.75 Å². The molecular formula is C14H20F2O. The van der Waals surface area contributed by atoms with Gasteiger partial charge in [-0.25, -0.2) is 8.78 Å². The molecule has 0 aliphatic carbocycles. The molecule has 0 heterocycles. The maximum atomic E-state index is 14.2. The van der Waals surface area contributed by atoms with Crippen LogP contribution in [-0.2, 0) is 5.92 Å². The highest BCUT2D eigenvalue weighted by Gasteiger charge is 2.40. The third-order valence-electron chi connectivity index (χ3n) is 3.25. The van der Waals surface area contributed by atoms with E-state index in [0.29, 0.717) is 11.3 Å². The molecule has 0 saturated carbocycles. The van der Waals surface area contributed by atoms with Crippen LogP contribution in [0.1, 0.15) is 36.1 Å². The molecule has 0 unspecified atom stereocenters. The number of rotatable bonds is 3. The highest BCUT2D eigenvalue weighted by molar-refractivity contribution is 5.51. The molecule has 0 aromatic heterocycles. The smallest absolute Gasteiger partial charge is 0.279 e. The number of hydrogen-bond donors (Lipinski definition) is 0. The van der Waals surface area contributed by atoms with Gasteiger partial charge in [0.15, 0.2) is 0 Å². The first kappa shape index (κ1) is 13.9. The van der Waals surface area contributed by atoms with Gasteiger partial charge in [-0.1, -0.05) is 19.9 Å². The quantitative estimate of drug-likeness (QED) is 0.764. The molecule has 0 amide bonds. The van der Waals surface area contributed by atoms with E-state index < -0.39 is 11.8 Å². The zero-order valence-corrected chi connectivity index (χ0v) is 11.3. The lowest BCUT2D eigenvalue weighted by Gasteiger charge is -2.26. The first-order valence-electron chi connectivity index (χ1n) is 5.76. The Morgan fingerprint density at radius 2 is 1.65 bits per heavy atom. The van der Waals surface area contributed by atoms with E-state index in [2.05, 4.69) is 0 Å². The van der Waals surface area contributed by atoms with Gasteiger partial charge in [-0.05, 0) is 37.5 Å². The molecule has 0 saturated heterocycles. The van der Waals surface area contributed by atoms with Crippen molar-refractivity contribution < 1.29 is 13.5 Å². The average Bonchev–Trinajstić information content (AvgIpc) is 2.22. The normalized spacial score (nSPS) is 12.1. The third kappa shape index (κ3) is 2.28. The predicted molar refractivity (Wildman–Crippen MR) is 65.9 cm³/mol. The molecule has 0 N–H and O–H groups in total. The fraction of sp³-hybridized carbons (Fsp3) is 0.571. The fourth-order valence-corrected chi connectivity index (χ4v) is 2.01. The Balaban J connectivity index is 3.58. The first-order chi connectivity index (χ1) is 7.73. The number of aryl methyl sites for hydroxylation is 2. The molecule has 17 heavy (non-hydrogen) atoms. The molecular weight excluding hydrogens is 222 g/mol. The number of hydrogen-bond acceptors (Lipinski definition) is 1. The zero-order chi connectivity index (χ0) is 13.4. The summed E-state index contributed by atoms with van der Waals surface area (Å²) in [5.41, 5.74) is 2.37. The Labute approximate surface area is 102 Å². The van der Waals surface area contributed by atoms with Crippen LogP contribution in [0.3, 0.4) is 0 Å². The summed E-state index contributed by atoms with van der Waals surface area (Å²) in [6.45, 7) is 8.47. The molecule has 1 aromatic rings. The van der Waals surface area contributed by atoms with Crippen LogP contribution in [0.4, 0.5) is 8.78 Å². The lowest BCUT2D eigenvalue weighted by atomic mass is 9.89. The number of alkyl halides is 2. The molecule has 1 rings (SSSR count). The Hall–Kier alpha value is -1.12. The summed E-state index contributed by atoms with van der Waals surface area (Å²) in [5.74, 6) is -3.30. The van der Waals surface area contributed by atoms with E-state index in [1.165, 1.54) is 21.0 Å². The van der Waals surface area contributed by atoms with Crippen LogP contribution in [0.25, 0.3) is 0 Å². The van der Waals surface area contributed by atoms with Gasteiger partial charge in [-0.15, -0.1) is 0 Å². The second-order valence-electron chi connectivity index (χ2n) is 4.82. The van der Waals surface area contributed by atoms with Gasteiger partial charge in [0.2, 0.25) is 0 Å². The molecule has 0 radical (unpaired) electrons. The van der Waals surface area contributed by atoms with Gasteiger partial charge in [-0.2, -0.15) is 0 Å². The molecule has 0 spiro atoms. The minimum absolute atomic E-state index is 0.0260. The molecule has 0 aliphatic rings. The van der Waals surface area contributed by atoms with Gasteiger partial charge in [0, 0.05) is 5.92 Å². The van der Waals surface area contributed by atoms with Crippen molar-refractivity contribution in [3.63, 3.8) is 0 Å². The molecule has 3 heteroatoms. The number of ether oxygens (including phenoxy) is 1. The number of halogens is 2. The van der Waals surface area contributed by atoms with Crippen molar-refractivity contribution in [3.05, 3.63) is 28.3 Å². The highest BCUT2D eigenvalue weighted by atomic mass is 19.3. The third-order valence-corrected chi connectivity index (χ3v) is 3.25. The Morgan fingerprint density at radius 1 is 1.12 bits per heavy atom. The average molecular weight is 242 g/mol. The van der Waals surface area contributed by atoms with Gasteiger partial charge in [-0.3, -0.25) is 0 Å². The van der Waals surface area contributed by atoms with Crippen molar-refractivity contribution >= 4 is 0 Å². The Bertz CT molecular complexity index is 423. The Morgan fingerprint density at radius 3 is 2.06 bits per heavy atom. The van der Waals surface area contributed by atoms with E-state index in [0.717, 1.165) is 11.1 Å². The maximum Gasteiger partial charge on any atom is 0.279 e. The van der Waals surface area contributed by atoms with E-state index >= 15 is 0 Å². The van der Waals surface area contributed by atoms with E-state index in [1.54, 1.807) is 13.0 Å². The summed E-state index contributed by atoms with van der Waals surface area (Å²) >= 11 is 0. The van der Waals surface area contributed by atoms with Gasteiger partial charge < -0.3 is 4.74 Å². The van der Waals surface area contributed by atoms with Crippen molar-refractivity contribution in [3.8, 4) is 5.75 Å². The van der Waals surface area contributed by atoms with Crippen molar-refractivity contribution in [1.82, 2.24) is 0 Å². The molecule has 0 bridgehead atoms. The number of methoxy groups -OCH3 is 1. The molecule has 0 atom stereocenters. The van der Waals surface area contributed by atoms with Crippen LogP contribution in [0.2, 0.25) is 0 Å². The van der Waals surface area contributed by atoms with E-state index in [4.69, 9.17) is 4.74 Å². The lowest BCUT2D eigenvalue weighted by Crippen LogP contribution is -2.23. The van der Waals surface area contributed by atoms with Crippen LogP contribution in [0, 0.1) is 26.7 Å². The van der Waals surface area contributed by atoms with Crippen LogP contribution in [0.15, 0.2) is 6.07 Å².